The number of ketones is 1. The summed E-state index contributed by atoms with van der Waals surface area (Å²) in [7, 11) is 0. The number of nitrogens with zero attached hydrogens (tertiary/aromatic N) is 3. The number of hydrogen-bond donors (Lipinski definition) is 1. The fourth-order valence-electron chi connectivity index (χ4n) is 3.29. The van der Waals surface area contributed by atoms with Gasteiger partial charge in [0.25, 0.3) is 0 Å². The van der Waals surface area contributed by atoms with Gasteiger partial charge in [-0.15, -0.1) is 0 Å². The molecule has 26 heavy (non-hydrogen) atoms. The minimum atomic E-state index is -0.586. The maximum absolute atomic E-state index is 14.0. The molecule has 2 heterocycles. The molecule has 0 saturated carbocycles. The standard InChI is InChI=1S/C20H19FN4O/c21-16-6-5-14(22)11-15(16)20(26)13-4-7-17-18(10-13)24-19(12-23-17)25-8-2-1-3-9-25/h4-7,10-12H,1-3,8-9,22H2. The van der Waals surface area contributed by atoms with Crippen molar-refractivity contribution in [3.63, 3.8) is 0 Å². The van der Waals surface area contributed by atoms with Crippen LogP contribution in [0.1, 0.15) is 35.2 Å². The van der Waals surface area contributed by atoms with Gasteiger partial charge in [-0.05, 0) is 55.7 Å². The molecule has 132 valence electrons. The third-order valence-electron chi connectivity index (χ3n) is 4.71. The maximum Gasteiger partial charge on any atom is 0.196 e. The van der Waals surface area contributed by atoms with Crippen LogP contribution in [0.4, 0.5) is 15.9 Å². The summed E-state index contributed by atoms with van der Waals surface area (Å²) in [5, 5.41) is 0. The Bertz CT molecular complexity index is 983. The first-order chi connectivity index (χ1) is 12.6. The van der Waals surface area contributed by atoms with E-state index in [1.54, 1.807) is 24.4 Å². The van der Waals surface area contributed by atoms with Crippen molar-refractivity contribution in [2.24, 2.45) is 0 Å². The van der Waals surface area contributed by atoms with Crippen LogP contribution < -0.4 is 10.6 Å². The summed E-state index contributed by atoms with van der Waals surface area (Å²) in [5.74, 6) is -0.184. The Morgan fingerprint density at radius 1 is 1.04 bits per heavy atom. The zero-order valence-corrected chi connectivity index (χ0v) is 14.3. The highest BCUT2D eigenvalue weighted by Crippen LogP contribution is 2.22. The number of benzene rings is 2. The fraction of sp³-hybridized carbons (Fsp3) is 0.250. The van der Waals surface area contributed by atoms with E-state index < -0.39 is 11.6 Å². The molecular weight excluding hydrogens is 331 g/mol. The lowest BCUT2D eigenvalue weighted by atomic mass is 10.0. The Balaban J connectivity index is 1.71. The lowest BCUT2D eigenvalue weighted by Gasteiger charge is -2.27. The Hall–Kier alpha value is -3.02. The predicted octanol–water partition coefficient (Wildman–Crippen LogP) is 3.57. The number of anilines is 2. The summed E-state index contributed by atoms with van der Waals surface area (Å²) in [6, 6.07) is 9.04. The van der Waals surface area contributed by atoms with E-state index in [-0.39, 0.29) is 5.56 Å². The Morgan fingerprint density at radius 3 is 2.65 bits per heavy atom. The van der Waals surface area contributed by atoms with Crippen LogP contribution in [0.2, 0.25) is 0 Å². The van der Waals surface area contributed by atoms with Crippen LogP contribution in [0.5, 0.6) is 0 Å². The second-order valence-electron chi connectivity index (χ2n) is 6.55. The number of piperidine rings is 1. The van der Waals surface area contributed by atoms with Crippen molar-refractivity contribution in [3.05, 3.63) is 59.5 Å². The SMILES string of the molecule is Nc1ccc(F)c(C(=O)c2ccc3ncc(N4CCCCC4)nc3c2)c1. The summed E-state index contributed by atoms with van der Waals surface area (Å²) in [6.45, 7) is 1.93. The molecule has 1 aliphatic heterocycles. The molecule has 1 fully saturated rings. The van der Waals surface area contributed by atoms with Crippen LogP contribution >= 0.6 is 0 Å². The van der Waals surface area contributed by atoms with Crippen molar-refractivity contribution in [3.8, 4) is 0 Å². The van der Waals surface area contributed by atoms with Crippen molar-refractivity contribution in [1.82, 2.24) is 9.97 Å². The number of hydrogen-bond acceptors (Lipinski definition) is 5. The van der Waals surface area contributed by atoms with Crippen molar-refractivity contribution in [1.29, 1.82) is 0 Å². The van der Waals surface area contributed by atoms with Gasteiger partial charge in [0.15, 0.2) is 5.78 Å². The lowest BCUT2D eigenvalue weighted by molar-refractivity contribution is 0.103. The Morgan fingerprint density at radius 2 is 1.85 bits per heavy atom. The molecule has 1 saturated heterocycles. The summed E-state index contributed by atoms with van der Waals surface area (Å²) in [4.78, 5) is 24.0. The Labute approximate surface area is 150 Å². The van der Waals surface area contributed by atoms with Gasteiger partial charge in [-0.1, -0.05) is 0 Å². The molecule has 2 aromatic carbocycles. The zero-order chi connectivity index (χ0) is 18.1. The highest BCUT2D eigenvalue weighted by atomic mass is 19.1. The lowest BCUT2D eigenvalue weighted by Crippen LogP contribution is -2.30. The van der Waals surface area contributed by atoms with E-state index >= 15 is 0 Å². The van der Waals surface area contributed by atoms with Gasteiger partial charge in [0.1, 0.15) is 11.6 Å². The highest BCUT2D eigenvalue weighted by Gasteiger charge is 2.17. The predicted molar refractivity (Wildman–Crippen MR) is 99.8 cm³/mol. The van der Waals surface area contributed by atoms with E-state index in [4.69, 9.17) is 5.73 Å². The summed E-state index contributed by atoms with van der Waals surface area (Å²) >= 11 is 0. The quantitative estimate of drug-likeness (QED) is 0.577. The van der Waals surface area contributed by atoms with Crippen molar-refractivity contribution >= 4 is 28.3 Å². The highest BCUT2D eigenvalue weighted by molar-refractivity contribution is 6.10. The molecule has 0 amide bonds. The molecule has 0 unspecified atom stereocenters. The molecule has 0 radical (unpaired) electrons. The molecule has 0 atom stereocenters. The maximum atomic E-state index is 14.0. The van der Waals surface area contributed by atoms with Crippen molar-refractivity contribution < 1.29 is 9.18 Å². The first-order valence-electron chi connectivity index (χ1n) is 8.73. The molecule has 0 spiro atoms. The van der Waals surface area contributed by atoms with E-state index in [1.807, 2.05) is 0 Å². The van der Waals surface area contributed by atoms with Gasteiger partial charge in [-0.3, -0.25) is 9.78 Å². The average Bonchev–Trinajstić information content (AvgIpc) is 2.69. The van der Waals surface area contributed by atoms with Gasteiger partial charge >= 0.3 is 0 Å². The van der Waals surface area contributed by atoms with Crippen molar-refractivity contribution in [2.45, 2.75) is 19.3 Å². The fourth-order valence-corrected chi connectivity index (χ4v) is 3.29. The molecular formula is C20H19FN4O. The van der Waals surface area contributed by atoms with E-state index in [9.17, 15) is 9.18 Å². The number of carbonyl (C=O) groups is 1. The molecule has 1 aromatic heterocycles. The van der Waals surface area contributed by atoms with Crippen LogP contribution in [-0.4, -0.2) is 28.8 Å². The minimum Gasteiger partial charge on any atom is -0.399 e. The normalized spacial score (nSPS) is 14.6. The number of fused-ring (bicyclic) bond motifs is 1. The average molecular weight is 350 g/mol. The van der Waals surface area contributed by atoms with Gasteiger partial charge in [-0.2, -0.15) is 0 Å². The number of carbonyl (C=O) groups excluding carboxylic acids is 1. The molecule has 2 N–H and O–H groups in total. The number of nitrogens with two attached hydrogens (primary N) is 1. The second-order valence-corrected chi connectivity index (χ2v) is 6.55. The summed E-state index contributed by atoms with van der Waals surface area (Å²) in [5.41, 5.74) is 7.70. The number of nitrogen functional groups attached to an aromatic ring is 1. The monoisotopic (exact) mass is 350 g/mol. The van der Waals surface area contributed by atoms with Gasteiger partial charge in [0, 0.05) is 24.3 Å². The summed E-state index contributed by atoms with van der Waals surface area (Å²) < 4.78 is 14.0. The number of rotatable bonds is 3. The van der Waals surface area contributed by atoms with Gasteiger partial charge in [0.05, 0.1) is 22.8 Å². The van der Waals surface area contributed by atoms with E-state index in [2.05, 4.69) is 14.9 Å². The molecule has 0 aliphatic carbocycles. The van der Waals surface area contributed by atoms with E-state index in [1.165, 1.54) is 24.6 Å². The van der Waals surface area contributed by atoms with E-state index in [0.717, 1.165) is 31.7 Å². The Kier molecular flexibility index (Phi) is 4.24. The van der Waals surface area contributed by atoms with Crippen LogP contribution in [0.25, 0.3) is 11.0 Å². The molecule has 5 nitrogen and oxygen atoms in total. The topological polar surface area (TPSA) is 72.1 Å². The third-order valence-corrected chi connectivity index (χ3v) is 4.71. The molecule has 4 rings (SSSR count). The van der Waals surface area contributed by atoms with Crippen LogP contribution in [0.3, 0.4) is 0 Å². The van der Waals surface area contributed by atoms with Crippen LogP contribution in [0, 0.1) is 5.82 Å². The van der Waals surface area contributed by atoms with Gasteiger partial charge in [-0.25, -0.2) is 9.37 Å². The van der Waals surface area contributed by atoms with Gasteiger partial charge in [0.2, 0.25) is 0 Å². The largest absolute Gasteiger partial charge is 0.399 e. The first kappa shape index (κ1) is 16.4. The third kappa shape index (κ3) is 3.10. The first-order valence-corrected chi connectivity index (χ1v) is 8.73. The minimum absolute atomic E-state index is 0.0375. The number of aromatic nitrogens is 2. The summed E-state index contributed by atoms with van der Waals surface area (Å²) in [6.07, 6.45) is 5.30. The molecule has 0 bridgehead atoms. The second kappa shape index (κ2) is 6.71. The van der Waals surface area contributed by atoms with Gasteiger partial charge < -0.3 is 10.6 Å². The van der Waals surface area contributed by atoms with E-state index in [0.29, 0.717) is 22.3 Å². The molecule has 1 aliphatic rings. The van der Waals surface area contributed by atoms with Crippen LogP contribution in [0.15, 0.2) is 42.6 Å². The zero-order valence-electron chi connectivity index (χ0n) is 14.3. The molecule has 3 aromatic rings. The van der Waals surface area contributed by atoms with Crippen molar-refractivity contribution in [2.75, 3.05) is 23.7 Å². The smallest absolute Gasteiger partial charge is 0.196 e. The van der Waals surface area contributed by atoms with Crippen LogP contribution in [-0.2, 0) is 0 Å². The number of halogens is 1. The molecule has 6 heteroatoms.